The number of ether oxygens (including phenoxy) is 1. The van der Waals surface area contributed by atoms with Gasteiger partial charge in [-0.25, -0.2) is 4.79 Å². The molecule has 238 valence electrons. The van der Waals surface area contributed by atoms with Gasteiger partial charge >= 0.3 is 6.09 Å². The number of carbonyl (C=O) groups is 3. The number of alkyl carbamates (subject to hydrolysis) is 1. The van der Waals surface area contributed by atoms with Gasteiger partial charge in [0.25, 0.3) is 0 Å². The average Bonchev–Trinajstić information content (AvgIpc) is 2.93. The molecule has 2 aromatic rings. The third-order valence-corrected chi connectivity index (χ3v) is 7.62. The summed E-state index contributed by atoms with van der Waals surface area (Å²) in [6.45, 7) is 18.4. The third-order valence-electron chi connectivity index (χ3n) is 7.62. The summed E-state index contributed by atoms with van der Waals surface area (Å²) in [6.07, 6.45) is 4.15. The molecule has 3 atom stereocenters. The first-order valence-corrected chi connectivity index (χ1v) is 15.9. The van der Waals surface area contributed by atoms with E-state index in [9.17, 15) is 14.4 Å². The minimum atomic E-state index is -0.930. The number of amides is 3. The van der Waals surface area contributed by atoms with E-state index in [0.717, 1.165) is 54.4 Å². The lowest BCUT2D eigenvalue weighted by Gasteiger charge is -2.39. The zero-order valence-corrected chi connectivity index (χ0v) is 28.0. The van der Waals surface area contributed by atoms with E-state index in [0.29, 0.717) is 12.5 Å². The highest BCUT2D eigenvalue weighted by Crippen LogP contribution is 2.29. The molecule has 0 aromatic heterocycles. The first-order valence-electron chi connectivity index (χ1n) is 15.9. The molecule has 7 heteroatoms. The molecular weight excluding hydrogens is 538 g/mol. The van der Waals surface area contributed by atoms with Crippen LogP contribution in [0.3, 0.4) is 0 Å². The van der Waals surface area contributed by atoms with E-state index in [4.69, 9.17) is 4.74 Å². The number of aryl methyl sites for hydroxylation is 2. The highest BCUT2D eigenvalue weighted by Gasteiger charge is 2.39. The topological polar surface area (TPSA) is 87.7 Å². The highest BCUT2D eigenvalue weighted by molar-refractivity contribution is 5.92. The maximum atomic E-state index is 14.8. The largest absolute Gasteiger partial charge is 0.444 e. The van der Waals surface area contributed by atoms with Crippen LogP contribution in [-0.2, 0) is 20.7 Å². The van der Waals surface area contributed by atoms with Crippen LogP contribution in [0.25, 0.3) is 0 Å². The number of hydrogen-bond acceptors (Lipinski definition) is 4. The molecule has 43 heavy (non-hydrogen) atoms. The van der Waals surface area contributed by atoms with Crippen LogP contribution in [0.15, 0.2) is 48.5 Å². The summed E-state index contributed by atoms with van der Waals surface area (Å²) in [7, 11) is 0. The minimum absolute atomic E-state index is 0.208. The Balaban J connectivity index is 2.63. The fourth-order valence-corrected chi connectivity index (χ4v) is 5.05. The number of nitrogens with one attached hydrogen (secondary N) is 2. The number of hydrogen-bond donors (Lipinski definition) is 2. The van der Waals surface area contributed by atoms with Gasteiger partial charge in [0, 0.05) is 19.0 Å². The molecular formula is C36H55N3O4. The molecule has 2 N–H and O–H groups in total. The van der Waals surface area contributed by atoms with E-state index in [1.807, 2.05) is 69.3 Å². The van der Waals surface area contributed by atoms with Gasteiger partial charge in [-0.05, 0) is 89.0 Å². The number of nitrogens with zero attached hydrogens (tertiary/aromatic N) is 1. The summed E-state index contributed by atoms with van der Waals surface area (Å²) in [4.78, 5) is 43.6. The van der Waals surface area contributed by atoms with Gasteiger partial charge < -0.3 is 20.3 Å². The first-order chi connectivity index (χ1) is 20.2. The Bertz CT molecular complexity index is 1170. The van der Waals surface area contributed by atoms with Crippen LogP contribution in [0.5, 0.6) is 0 Å². The summed E-state index contributed by atoms with van der Waals surface area (Å²) in [5.41, 5.74) is 3.10. The lowest BCUT2D eigenvalue weighted by atomic mass is 9.94. The number of benzene rings is 2. The zero-order valence-electron chi connectivity index (χ0n) is 28.0. The monoisotopic (exact) mass is 593 g/mol. The predicted octanol–water partition coefficient (Wildman–Crippen LogP) is 7.44. The molecule has 7 nitrogen and oxygen atoms in total. The smallest absolute Gasteiger partial charge is 0.408 e. The van der Waals surface area contributed by atoms with Gasteiger partial charge in [-0.15, -0.1) is 0 Å². The molecule has 0 aliphatic heterocycles. The molecule has 0 aliphatic rings. The highest BCUT2D eigenvalue weighted by atomic mass is 16.6. The maximum Gasteiger partial charge on any atom is 0.408 e. The fourth-order valence-electron chi connectivity index (χ4n) is 5.05. The number of carbonyl (C=O) groups excluding carboxylic acids is 3. The minimum Gasteiger partial charge on any atom is -0.444 e. The van der Waals surface area contributed by atoms with E-state index in [2.05, 4.69) is 31.4 Å². The second-order valence-electron chi connectivity index (χ2n) is 13.2. The van der Waals surface area contributed by atoms with Crippen molar-refractivity contribution in [2.75, 3.05) is 6.54 Å². The Morgan fingerprint density at radius 1 is 0.907 bits per heavy atom. The van der Waals surface area contributed by atoms with Crippen molar-refractivity contribution in [1.82, 2.24) is 15.5 Å². The van der Waals surface area contributed by atoms with Crippen LogP contribution in [0.1, 0.15) is 109 Å². The fraction of sp³-hybridized carbons (Fsp3) is 0.583. The van der Waals surface area contributed by atoms with Crippen molar-refractivity contribution >= 4 is 17.9 Å². The van der Waals surface area contributed by atoms with Crippen LogP contribution in [0, 0.1) is 19.8 Å². The van der Waals surface area contributed by atoms with Gasteiger partial charge in [0.1, 0.15) is 17.7 Å². The Morgan fingerprint density at radius 2 is 1.58 bits per heavy atom. The number of unbranched alkanes of at least 4 members (excludes halogenated alkanes) is 2. The number of rotatable bonds is 15. The second-order valence-corrected chi connectivity index (χ2v) is 13.2. The molecule has 0 fully saturated rings. The van der Waals surface area contributed by atoms with E-state index < -0.39 is 23.8 Å². The van der Waals surface area contributed by atoms with Crippen LogP contribution >= 0.6 is 0 Å². The standard InChI is InChI=1S/C36H55N3O4/c1-10-11-15-22-37-33(40)32(30-21-19-26(4)27(5)23-30)39(28(6)20-18-25(2)3)34(41)31(24-29-16-13-12-14-17-29)38-35(42)43-36(7,8)9/h12-14,16-17,19,21,23,25,28,31-32H,10-11,15,18,20,22,24H2,1-9H3,(H,37,40)(H,38,42). The molecule has 2 rings (SSSR count). The summed E-state index contributed by atoms with van der Waals surface area (Å²) in [6, 6.07) is 13.5. The van der Waals surface area contributed by atoms with Crippen molar-refractivity contribution in [3.63, 3.8) is 0 Å². The van der Waals surface area contributed by atoms with Gasteiger partial charge in [0.05, 0.1) is 0 Å². The molecule has 0 spiro atoms. The van der Waals surface area contributed by atoms with Crippen molar-refractivity contribution in [3.05, 3.63) is 70.8 Å². The molecule has 3 unspecified atom stereocenters. The van der Waals surface area contributed by atoms with E-state index in [1.54, 1.807) is 25.7 Å². The first kappa shape index (κ1) is 35.8. The van der Waals surface area contributed by atoms with E-state index >= 15 is 0 Å². The SMILES string of the molecule is CCCCCNC(=O)C(c1ccc(C)c(C)c1)N(C(=O)C(Cc1ccccc1)NC(=O)OC(C)(C)C)C(C)CCC(C)C. The Hall–Kier alpha value is -3.35. The van der Waals surface area contributed by atoms with Crippen molar-refractivity contribution in [3.8, 4) is 0 Å². The Morgan fingerprint density at radius 3 is 2.16 bits per heavy atom. The summed E-state index contributed by atoms with van der Waals surface area (Å²) in [5, 5.41) is 5.98. The van der Waals surface area contributed by atoms with Crippen LogP contribution in [-0.4, -0.2) is 47.0 Å². The molecule has 3 amide bonds. The van der Waals surface area contributed by atoms with Gasteiger partial charge in [0.15, 0.2) is 0 Å². The molecule has 0 aliphatic carbocycles. The van der Waals surface area contributed by atoms with Crippen molar-refractivity contribution in [1.29, 1.82) is 0 Å². The van der Waals surface area contributed by atoms with E-state index in [-0.39, 0.29) is 24.3 Å². The summed E-state index contributed by atoms with van der Waals surface area (Å²) in [5.74, 6) is -0.0833. The molecule has 0 heterocycles. The quantitative estimate of drug-likeness (QED) is 0.210. The Labute approximate surface area is 260 Å². The predicted molar refractivity (Wildman–Crippen MR) is 175 cm³/mol. The Kier molecular flexibility index (Phi) is 14.2. The molecule has 0 saturated heterocycles. The maximum absolute atomic E-state index is 14.8. The average molecular weight is 594 g/mol. The zero-order chi connectivity index (χ0) is 32.2. The summed E-state index contributed by atoms with van der Waals surface area (Å²) < 4.78 is 5.57. The molecule has 0 saturated carbocycles. The van der Waals surface area contributed by atoms with Gasteiger partial charge in [-0.3, -0.25) is 9.59 Å². The van der Waals surface area contributed by atoms with Gasteiger partial charge in [-0.2, -0.15) is 0 Å². The van der Waals surface area contributed by atoms with Crippen LogP contribution < -0.4 is 10.6 Å². The van der Waals surface area contributed by atoms with Gasteiger partial charge in [0.2, 0.25) is 11.8 Å². The summed E-state index contributed by atoms with van der Waals surface area (Å²) >= 11 is 0. The molecule has 0 bridgehead atoms. The van der Waals surface area contributed by atoms with Crippen molar-refractivity contribution < 1.29 is 19.1 Å². The second kappa shape index (κ2) is 17.1. The lowest BCUT2D eigenvalue weighted by molar-refractivity contribution is -0.145. The van der Waals surface area contributed by atoms with Crippen LogP contribution in [0.2, 0.25) is 0 Å². The third kappa shape index (κ3) is 12.0. The normalized spacial score (nSPS) is 13.6. The molecule has 0 radical (unpaired) electrons. The lowest BCUT2D eigenvalue weighted by Crippen LogP contribution is -2.56. The van der Waals surface area contributed by atoms with E-state index in [1.165, 1.54) is 0 Å². The van der Waals surface area contributed by atoms with Gasteiger partial charge in [-0.1, -0.05) is 82.1 Å². The van der Waals surface area contributed by atoms with Crippen LogP contribution in [0.4, 0.5) is 4.79 Å². The van der Waals surface area contributed by atoms with Crippen molar-refractivity contribution in [2.45, 2.75) is 125 Å². The van der Waals surface area contributed by atoms with Crippen molar-refractivity contribution in [2.24, 2.45) is 5.92 Å². The molecule has 2 aromatic carbocycles.